The van der Waals surface area contributed by atoms with Gasteiger partial charge in [0.05, 0.1) is 0 Å². The van der Waals surface area contributed by atoms with E-state index in [1.165, 1.54) is 0 Å². The maximum atomic E-state index is 13.0. The van der Waals surface area contributed by atoms with E-state index in [4.69, 9.17) is 11.6 Å². The molecule has 1 aliphatic heterocycles. The highest BCUT2D eigenvalue weighted by Crippen LogP contribution is 2.37. The van der Waals surface area contributed by atoms with Gasteiger partial charge in [-0.05, 0) is 38.0 Å². The number of carbonyl (C=O) groups excluding carboxylic acids is 1. The lowest BCUT2D eigenvalue weighted by Gasteiger charge is -2.18. The van der Waals surface area contributed by atoms with Gasteiger partial charge in [-0.1, -0.05) is 29.8 Å². The van der Waals surface area contributed by atoms with Crippen molar-refractivity contribution in [3.05, 3.63) is 58.1 Å². The highest BCUT2D eigenvalue weighted by molar-refractivity contribution is 7.99. The maximum absolute atomic E-state index is 13.0. The third kappa shape index (κ3) is 3.66. The molecule has 27 heavy (non-hydrogen) atoms. The number of aryl methyl sites for hydroxylation is 2. The van der Waals surface area contributed by atoms with Gasteiger partial charge in [0.1, 0.15) is 0 Å². The first-order valence-corrected chi connectivity index (χ1v) is 10.3. The number of aromatic nitrogens is 4. The monoisotopic (exact) mass is 401 g/mol. The molecule has 1 aromatic carbocycles. The van der Waals surface area contributed by atoms with Crippen molar-refractivity contribution in [1.29, 1.82) is 0 Å². The quantitative estimate of drug-likeness (QED) is 0.654. The summed E-state index contributed by atoms with van der Waals surface area (Å²) in [6.07, 6.45) is 0.851. The minimum Gasteiger partial charge on any atom is -0.335 e. The van der Waals surface area contributed by atoms with Gasteiger partial charge >= 0.3 is 0 Å². The van der Waals surface area contributed by atoms with E-state index in [0.717, 1.165) is 34.1 Å². The Labute approximate surface area is 166 Å². The zero-order valence-electron chi connectivity index (χ0n) is 15.2. The molecular weight excluding hydrogens is 382 g/mol. The van der Waals surface area contributed by atoms with Gasteiger partial charge in [0.2, 0.25) is 5.82 Å². The van der Waals surface area contributed by atoms with Gasteiger partial charge in [-0.2, -0.15) is 16.7 Å². The molecule has 4 rings (SSSR count). The Morgan fingerprint density at radius 1 is 1.22 bits per heavy atom. The first-order valence-electron chi connectivity index (χ1n) is 8.89. The van der Waals surface area contributed by atoms with Crippen LogP contribution in [-0.4, -0.2) is 49.2 Å². The molecule has 0 N–H and O–H groups in total. The van der Waals surface area contributed by atoms with Gasteiger partial charge in [-0.15, -0.1) is 5.10 Å². The van der Waals surface area contributed by atoms with Gasteiger partial charge in [0, 0.05) is 40.5 Å². The lowest BCUT2D eigenvalue weighted by atomic mass is 10.1. The number of benzene rings is 1. The number of nitrogens with zero attached hydrogens (tertiary/aromatic N) is 5. The minimum absolute atomic E-state index is 0.141. The summed E-state index contributed by atoms with van der Waals surface area (Å²) in [6, 6.07) is 9.86. The molecular formula is C19H20ClN5OS. The zero-order valence-corrected chi connectivity index (χ0v) is 16.8. The number of carbonyl (C=O) groups is 1. The van der Waals surface area contributed by atoms with Gasteiger partial charge in [0.15, 0.2) is 0 Å². The molecule has 3 heterocycles. The highest BCUT2D eigenvalue weighted by atomic mass is 35.5. The number of fused-ring (bicyclic) bond motifs is 1. The van der Waals surface area contributed by atoms with E-state index in [1.807, 2.05) is 54.8 Å². The smallest absolute Gasteiger partial charge is 0.293 e. The Morgan fingerprint density at radius 2 is 2.04 bits per heavy atom. The largest absolute Gasteiger partial charge is 0.335 e. The van der Waals surface area contributed by atoms with E-state index in [-0.39, 0.29) is 17.0 Å². The summed E-state index contributed by atoms with van der Waals surface area (Å²) >= 11 is 8.20. The summed E-state index contributed by atoms with van der Waals surface area (Å²) in [5.41, 5.74) is 2.91. The lowest BCUT2D eigenvalue weighted by Crippen LogP contribution is -2.33. The molecule has 1 aliphatic rings. The number of amides is 1. The Hall–Kier alpha value is -2.12. The van der Waals surface area contributed by atoms with Crippen molar-refractivity contribution in [1.82, 2.24) is 24.5 Å². The fourth-order valence-electron chi connectivity index (χ4n) is 3.36. The molecule has 0 spiro atoms. The van der Waals surface area contributed by atoms with Gasteiger partial charge in [-0.3, -0.25) is 4.79 Å². The molecule has 0 unspecified atom stereocenters. The van der Waals surface area contributed by atoms with Crippen molar-refractivity contribution >= 4 is 35.0 Å². The molecule has 8 heteroatoms. The summed E-state index contributed by atoms with van der Waals surface area (Å²) in [4.78, 5) is 23.5. The normalized spacial score (nSPS) is 17.9. The molecule has 140 valence electrons. The van der Waals surface area contributed by atoms with E-state index >= 15 is 0 Å². The molecule has 0 saturated carbocycles. The van der Waals surface area contributed by atoms with E-state index in [2.05, 4.69) is 21.1 Å². The van der Waals surface area contributed by atoms with Crippen LogP contribution >= 0.6 is 23.4 Å². The molecule has 1 amide bonds. The Morgan fingerprint density at radius 3 is 2.85 bits per heavy atom. The van der Waals surface area contributed by atoms with Crippen LogP contribution in [0.5, 0.6) is 0 Å². The van der Waals surface area contributed by atoms with E-state index < -0.39 is 0 Å². The van der Waals surface area contributed by atoms with Crippen molar-refractivity contribution in [3.8, 4) is 0 Å². The fraction of sp³-hybridized carbons (Fsp3) is 0.368. The topological polar surface area (TPSA) is 63.4 Å². The summed E-state index contributed by atoms with van der Waals surface area (Å²) in [7, 11) is 0. The number of hydrogen-bond donors (Lipinski definition) is 0. The second kappa shape index (κ2) is 7.48. The van der Waals surface area contributed by atoms with Gasteiger partial charge in [0.25, 0.3) is 11.7 Å². The Balaban J connectivity index is 1.53. The Bertz CT molecular complexity index is 1000. The van der Waals surface area contributed by atoms with Crippen LogP contribution in [0, 0.1) is 13.8 Å². The summed E-state index contributed by atoms with van der Waals surface area (Å²) in [5, 5.41) is 5.45. The molecule has 0 aliphatic carbocycles. The second-order valence-electron chi connectivity index (χ2n) is 6.65. The van der Waals surface area contributed by atoms with Crippen LogP contribution in [0.1, 0.15) is 39.2 Å². The van der Waals surface area contributed by atoms with Crippen LogP contribution in [0.25, 0.3) is 5.78 Å². The van der Waals surface area contributed by atoms with Crippen LogP contribution in [0.4, 0.5) is 0 Å². The standard InChI is InChI=1S/C19H20ClN5OS/c1-12-11-13(2)25-19(21-12)22-17(23-25)18(26)24-8-7-16(27-10-9-24)14-5-3-4-6-15(14)20/h3-6,11,16H,7-10H2,1-2H3/t16-/m0/s1. The molecule has 2 aromatic heterocycles. The molecule has 1 atom stereocenters. The van der Waals surface area contributed by atoms with E-state index in [0.29, 0.717) is 18.9 Å². The zero-order chi connectivity index (χ0) is 19.0. The number of thioether (sulfide) groups is 1. The number of rotatable bonds is 2. The first kappa shape index (κ1) is 18.3. The minimum atomic E-state index is -0.141. The molecule has 3 aromatic rings. The third-order valence-electron chi connectivity index (χ3n) is 4.69. The van der Waals surface area contributed by atoms with Crippen LogP contribution in [-0.2, 0) is 0 Å². The predicted molar refractivity (Wildman–Crippen MR) is 107 cm³/mol. The maximum Gasteiger partial charge on any atom is 0.293 e. The molecule has 1 saturated heterocycles. The van der Waals surface area contributed by atoms with Crippen molar-refractivity contribution in [2.24, 2.45) is 0 Å². The lowest BCUT2D eigenvalue weighted by molar-refractivity contribution is 0.0754. The number of hydrogen-bond acceptors (Lipinski definition) is 5. The average molecular weight is 402 g/mol. The summed E-state index contributed by atoms with van der Waals surface area (Å²) in [5.74, 6) is 1.38. The average Bonchev–Trinajstić information content (AvgIpc) is 2.92. The molecule has 0 bridgehead atoms. The first-order chi connectivity index (χ1) is 13.0. The second-order valence-corrected chi connectivity index (χ2v) is 8.37. The van der Waals surface area contributed by atoms with E-state index in [9.17, 15) is 4.79 Å². The SMILES string of the molecule is Cc1cc(C)n2nc(C(=O)N3CCS[C@H](c4ccccc4Cl)CC3)nc2n1. The summed E-state index contributed by atoms with van der Waals surface area (Å²) in [6.45, 7) is 5.17. The van der Waals surface area contributed by atoms with Crippen LogP contribution < -0.4 is 0 Å². The van der Waals surface area contributed by atoms with Crippen LogP contribution in [0.3, 0.4) is 0 Å². The molecule has 1 fully saturated rings. The van der Waals surface area contributed by atoms with Crippen molar-refractivity contribution in [2.45, 2.75) is 25.5 Å². The van der Waals surface area contributed by atoms with Gasteiger partial charge < -0.3 is 4.90 Å². The highest BCUT2D eigenvalue weighted by Gasteiger charge is 2.26. The van der Waals surface area contributed by atoms with Crippen molar-refractivity contribution in [3.63, 3.8) is 0 Å². The molecule has 0 radical (unpaired) electrons. The number of halogens is 1. The fourth-order valence-corrected chi connectivity index (χ4v) is 4.96. The molecule has 6 nitrogen and oxygen atoms in total. The Kier molecular flexibility index (Phi) is 5.06. The predicted octanol–water partition coefficient (Wildman–Crippen LogP) is 3.71. The van der Waals surface area contributed by atoms with E-state index in [1.54, 1.807) is 4.52 Å². The van der Waals surface area contributed by atoms with Crippen molar-refractivity contribution < 1.29 is 4.79 Å². The summed E-state index contributed by atoms with van der Waals surface area (Å²) < 4.78 is 1.62. The van der Waals surface area contributed by atoms with Gasteiger partial charge in [-0.25, -0.2) is 9.50 Å². The van der Waals surface area contributed by atoms with Crippen LogP contribution in [0.15, 0.2) is 30.3 Å². The van der Waals surface area contributed by atoms with Crippen LogP contribution in [0.2, 0.25) is 5.02 Å². The third-order valence-corrected chi connectivity index (χ3v) is 6.34. The van der Waals surface area contributed by atoms with Crippen molar-refractivity contribution in [2.75, 3.05) is 18.8 Å².